The second-order valence-corrected chi connectivity index (χ2v) is 7.56. The third-order valence-corrected chi connectivity index (χ3v) is 4.21. The molecular formula is C12H15BrN2O5S. The largest absolute Gasteiger partial charge is 0.478 e. The number of anilines is 1. The first-order valence-electron chi connectivity index (χ1n) is 5.83. The van der Waals surface area contributed by atoms with Crippen LogP contribution in [0.2, 0.25) is 0 Å². The Bertz CT molecular complexity index is 660. The van der Waals surface area contributed by atoms with E-state index >= 15 is 0 Å². The number of carboxylic acid groups (broad SMARTS) is 1. The average Bonchev–Trinajstić information content (AvgIpc) is 2.36. The molecular weight excluding hydrogens is 364 g/mol. The third kappa shape index (κ3) is 5.35. The van der Waals surface area contributed by atoms with E-state index in [9.17, 15) is 18.0 Å². The van der Waals surface area contributed by atoms with Crippen molar-refractivity contribution in [2.24, 2.45) is 0 Å². The molecule has 1 aromatic carbocycles. The van der Waals surface area contributed by atoms with Crippen LogP contribution < -0.4 is 5.32 Å². The van der Waals surface area contributed by atoms with Crippen molar-refractivity contribution < 1.29 is 23.1 Å². The van der Waals surface area contributed by atoms with E-state index in [1.807, 2.05) is 0 Å². The molecule has 0 aliphatic carbocycles. The summed E-state index contributed by atoms with van der Waals surface area (Å²) in [6.45, 7) is 0.0114. The Morgan fingerprint density at radius 3 is 2.52 bits per heavy atom. The number of rotatable bonds is 5. The highest BCUT2D eigenvalue weighted by Crippen LogP contribution is 2.26. The van der Waals surface area contributed by atoms with Gasteiger partial charge >= 0.3 is 12.0 Å². The second-order valence-electron chi connectivity index (χ2n) is 4.45. The molecule has 2 N–H and O–H groups in total. The Kier molecular flexibility index (Phi) is 5.73. The van der Waals surface area contributed by atoms with Gasteiger partial charge in [0.2, 0.25) is 0 Å². The van der Waals surface area contributed by atoms with E-state index in [-0.39, 0.29) is 23.5 Å². The number of carboxylic acids is 1. The predicted molar refractivity (Wildman–Crippen MR) is 82.5 cm³/mol. The highest BCUT2D eigenvalue weighted by atomic mass is 79.9. The molecule has 7 nitrogen and oxygen atoms in total. The molecule has 0 fully saturated rings. The summed E-state index contributed by atoms with van der Waals surface area (Å²) in [6.07, 6.45) is 1.08. The molecule has 1 rings (SSSR count). The maximum Gasteiger partial charge on any atom is 0.337 e. The molecule has 0 saturated carbocycles. The fourth-order valence-corrected chi connectivity index (χ4v) is 2.51. The number of nitrogens with one attached hydrogen (secondary N) is 1. The van der Waals surface area contributed by atoms with Crippen molar-refractivity contribution in [3.8, 4) is 0 Å². The molecule has 2 amide bonds. The minimum absolute atomic E-state index is 0.0114. The number of aromatic carboxylic acids is 1. The quantitative estimate of drug-likeness (QED) is 0.810. The van der Waals surface area contributed by atoms with Gasteiger partial charge in [0.15, 0.2) is 0 Å². The summed E-state index contributed by atoms with van der Waals surface area (Å²) in [4.78, 5) is 24.3. The molecule has 0 spiro atoms. The van der Waals surface area contributed by atoms with E-state index in [1.165, 1.54) is 24.1 Å². The van der Waals surface area contributed by atoms with Gasteiger partial charge in [-0.2, -0.15) is 0 Å². The summed E-state index contributed by atoms with van der Waals surface area (Å²) in [5.74, 6) is -1.34. The summed E-state index contributed by atoms with van der Waals surface area (Å²) >= 11 is 3.17. The fraction of sp³-hybridized carbons (Fsp3) is 0.333. The van der Waals surface area contributed by atoms with Crippen molar-refractivity contribution in [1.82, 2.24) is 4.90 Å². The summed E-state index contributed by atoms with van der Waals surface area (Å²) < 4.78 is 22.6. The van der Waals surface area contributed by atoms with Crippen LogP contribution in [0.15, 0.2) is 22.7 Å². The highest BCUT2D eigenvalue weighted by molar-refractivity contribution is 9.10. The number of hydrogen-bond donors (Lipinski definition) is 2. The molecule has 1 aromatic rings. The number of nitrogens with zero attached hydrogens (tertiary/aromatic N) is 1. The maximum atomic E-state index is 12.0. The topological polar surface area (TPSA) is 104 Å². The minimum atomic E-state index is -3.18. The lowest BCUT2D eigenvalue weighted by atomic mass is 10.2. The molecule has 0 atom stereocenters. The van der Waals surface area contributed by atoms with Crippen LogP contribution in [0.1, 0.15) is 10.4 Å². The first-order chi connectivity index (χ1) is 9.61. The molecule has 116 valence electrons. The molecule has 0 saturated heterocycles. The molecule has 0 unspecified atom stereocenters. The van der Waals surface area contributed by atoms with Crippen LogP contribution >= 0.6 is 15.9 Å². The maximum absolute atomic E-state index is 12.0. The van der Waals surface area contributed by atoms with Gasteiger partial charge in [-0.1, -0.05) is 6.07 Å². The zero-order chi connectivity index (χ0) is 16.2. The van der Waals surface area contributed by atoms with Crippen LogP contribution in [-0.4, -0.2) is 56.0 Å². The zero-order valence-electron chi connectivity index (χ0n) is 11.5. The summed E-state index contributed by atoms with van der Waals surface area (Å²) in [7, 11) is -1.75. The number of amides is 2. The van der Waals surface area contributed by atoms with Crippen molar-refractivity contribution in [3.05, 3.63) is 28.2 Å². The van der Waals surface area contributed by atoms with E-state index < -0.39 is 21.8 Å². The van der Waals surface area contributed by atoms with Gasteiger partial charge in [-0.25, -0.2) is 18.0 Å². The van der Waals surface area contributed by atoms with Crippen LogP contribution in [0, 0.1) is 0 Å². The lowest BCUT2D eigenvalue weighted by Gasteiger charge is -2.19. The van der Waals surface area contributed by atoms with E-state index in [4.69, 9.17) is 5.11 Å². The molecule has 0 heterocycles. The van der Waals surface area contributed by atoms with Gasteiger partial charge < -0.3 is 15.3 Å². The predicted octanol–water partition coefficient (Wildman–Crippen LogP) is 1.66. The van der Waals surface area contributed by atoms with Gasteiger partial charge in [0, 0.05) is 24.3 Å². The molecule has 0 aliphatic heterocycles. The first-order valence-corrected chi connectivity index (χ1v) is 8.69. The second kappa shape index (κ2) is 6.90. The number of benzene rings is 1. The summed E-state index contributed by atoms with van der Waals surface area (Å²) in [6, 6.07) is 3.90. The van der Waals surface area contributed by atoms with E-state index in [0.717, 1.165) is 6.26 Å². The van der Waals surface area contributed by atoms with Crippen molar-refractivity contribution >= 4 is 43.5 Å². The highest BCUT2D eigenvalue weighted by Gasteiger charge is 2.18. The first kappa shape index (κ1) is 17.4. The molecule has 0 aliphatic rings. The summed E-state index contributed by atoms with van der Waals surface area (Å²) in [5, 5.41) is 11.5. The zero-order valence-corrected chi connectivity index (χ0v) is 13.9. The number of sulfone groups is 1. The number of halogens is 1. The Labute approximate surface area is 131 Å². The van der Waals surface area contributed by atoms with Gasteiger partial charge in [0.05, 0.1) is 17.0 Å². The van der Waals surface area contributed by atoms with Crippen molar-refractivity contribution in [2.75, 3.05) is 30.9 Å². The fourth-order valence-electron chi connectivity index (χ4n) is 1.44. The van der Waals surface area contributed by atoms with Gasteiger partial charge in [-0.05, 0) is 28.1 Å². The standard InChI is InChI=1S/C12H15BrN2O5S/c1-15(6-7-21(2,19)20)12(18)14-10-8(11(16)17)4-3-5-9(10)13/h3-5H,6-7H2,1-2H3,(H,14,18)(H,16,17). The third-order valence-electron chi connectivity index (χ3n) is 2.62. The van der Waals surface area contributed by atoms with Crippen molar-refractivity contribution in [3.63, 3.8) is 0 Å². The average molecular weight is 379 g/mol. The van der Waals surface area contributed by atoms with Crippen LogP contribution in [0.3, 0.4) is 0 Å². The Balaban J connectivity index is 2.86. The normalized spacial score (nSPS) is 11.0. The van der Waals surface area contributed by atoms with Gasteiger partial charge in [0.25, 0.3) is 0 Å². The smallest absolute Gasteiger partial charge is 0.337 e. The Morgan fingerprint density at radius 2 is 2.00 bits per heavy atom. The number of hydrogen-bond acceptors (Lipinski definition) is 4. The lowest BCUT2D eigenvalue weighted by molar-refractivity contribution is 0.0698. The Hall–Kier alpha value is -1.61. The number of urea groups is 1. The Morgan fingerprint density at radius 1 is 1.38 bits per heavy atom. The van der Waals surface area contributed by atoms with Crippen molar-refractivity contribution in [2.45, 2.75) is 0 Å². The van der Waals surface area contributed by atoms with Gasteiger partial charge in [-0.3, -0.25) is 0 Å². The van der Waals surface area contributed by atoms with Gasteiger partial charge in [-0.15, -0.1) is 0 Å². The number of carbonyl (C=O) groups excluding carboxylic acids is 1. The van der Waals surface area contributed by atoms with E-state index in [0.29, 0.717) is 4.47 Å². The van der Waals surface area contributed by atoms with Crippen LogP contribution in [0.5, 0.6) is 0 Å². The number of carbonyl (C=O) groups is 2. The summed E-state index contributed by atoms with van der Waals surface area (Å²) in [5.41, 5.74) is 0.0652. The van der Waals surface area contributed by atoms with Crippen LogP contribution in [0.4, 0.5) is 10.5 Å². The van der Waals surface area contributed by atoms with E-state index in [1.54, 1.807) is 6.07 Å². The van der Waals surface area contributed by atoms with E-state index in [2.05, 4.69) is 21.2 Å². The molecule has 9 heteroatoms. The lowest BCUT2D eigenvalue weighted by Crippen LogP contribution is -2.35. The van der Waals surface area contributed by atoms with Crippen molar-refractivity contribution in [1.29, 1.82) is 0 Å². The molecule has 0 bridgehead atoms. The molecule has 0 aromatic heterocycles. The SMILES string of the molecule is CN(CCS(C)(=O)=O)C(=O)Nc1c(Br)cccc1C(=O)O. The number of para-hydroxylation sites is 1. The molecule has 0 radical (unpaired) electrons. The van der Waals surface area contributed by atoms with Crippen LogP contribution in [-0.2, 0) is 9.84 Å². The van der Waals surface area contributed by atoms with Crippen LogP contribution in [0.25, 0.3) is 0 Å². The van der Waals surface area contributed by atoms with Gasteiger partial charge in [0.1, 0.15) is 9.84 Å². The minimum Gasteiger partial charge on any atom is -0.478 e. The monoisotopic (exact) mass is 378 g/mol. The molecule has 21 heavy (non-hydrogen) atoms.